The zero-order valence-corrected chi connectivity index (χ0v) is 15.9. The molecule has 1 aromatic rings. The molecule has 1 unspecified atom stereocenters. The first-order valence-corrected chi connectivity index (χ1v) is 8.81. The second-order valence-corrected chi connectivity index (χ2v) is 7.50. The fourth-order valence-electron chi connectivity index (χ4n) is 2.97. The van der Waals surface area contributed by atoms with E-state index in [1.165, 1.54) is 19.2 Å². The molecule has 0 spiro atoms. The third kappa shape index (κ3) is 5.82. The van der Waals surface area contributed by atoms with Crippen LogP contribution in [0, 0.1) is 0 Å². The predicted octanol–water partition coefficient (Wildman–Crippen LogP) is 2.46. The van der Waals surface area contributed by atoms with Crippen LogP contribution in [0.2, 0.25) is 0 Å². The summed E-state index contributed by atoms with van der Waals surface area (Å²) in [7, 11) is 1.53. The van der Waals surface area contributed by atoms with Crippen molar-refractivity contribution in [1.29, 1.82) is 0 Å². The SMILES string of the molecule is COc1ccc(O)cc1CC(=O)N1CCCC(NC(=O)OC(C)(C)C)C1. The van der Waals surface area contributed by atoms with Gasteiger partial charge in [-0.3, -0.25) is 4.79 Å². The van der Waals surface area contributed by atoms with Gasteiger partial charge in [-0.15, -0.1) is 0 Å². The highest BCUT2D eigenvalue weighted by atomic mass is 16.6. The zero-order chi connectivity index (χ0) is 19.3. The average Bonchev–Trinajstić information content (AvgIpc) is 2.53. The molecule has 26 heavy (non-hydrogen) atoms. The first-order valence-electron chi connectivity index (χ1n) is 8.81. The summed E-state index contributed by atoms with van der Waals surface area (Å²) in [5, 5.41) is 12.5. The van der Waals surface area contributed by atoms with Crippen LogP contribution in [-0.4, -0.2) is 53.8 Å². The molecule has 2 rings (SSSR count). The molecule has 0 saturated carbocycles. The summed E-state index contributed by atoms with van der Waals surface area (Å²) in [6.07, 6.45) is 1.28. The molecule has 2 N–H and O–H groups in total. The maximum absolute atomic E-state index is 12.7. The van der Waals surface area contributed by atoms with E-state index in [2.05, 4.69) is 5.32 Å². The Balaban J connectivity index is 1.95. The number of methoxy groups -OCH3 is 1. The Morgan fingerprint density at radius 2 is 2.08 bits per heavy atom. The molecule has 0 radical (unpaired) electrons. The lowest BCUT2D eigenvalue weighted by Gasteiger charge is -2.33. The summed E-state index contributed by atoms with van der Waals surface area (Å²) in [5.41, 5.74) is 0.0832. The standard InChI is InChI=1S/C19H28N2O5/c1-19(2,3)26-18(24)20-14-6-5-9-21(12-14)17(23)11-13-10-15(22)7-8-16(13)25-4/h7-8,10,14,22H,5-6,9,11-12H2,1-4H3,(H,20,24). The molecule has 144 valence electrons. The van der Waals surface area contributed by atoms with Crippen molar-refractivity contribution >= 4 is 12.0 Å². The molecule has 7 heteroatoms. The molecular weight excluding hydrogens is 336 g/mol. The summed E-state index contributed by atoms with van der Waals surface area (Å²) in [4.78, 5) is 26.3. The van der Waals surface area contributed by atoms with E-state index >= 15 is 0 Å². The molecule has 1 heterocycles. The number of benzene rings is 1. The Labute approximate surface area is 154 Å². The number of carbonyl (C=O) groups is 2. The van der Waals surface area contributed by atoms with E-state index in [0.29, 0.717) is 24.4 Å². The van der Waals surface area contributed by atoms with Gasteiger partial charge in [-0.2, -0.15) is 0 Å². The molecule has 1 aliphatic rings. The van der Waals surface area contributed by atoms with Gasteiger partial charge in [-0.05, 0) is 51.8 Å². The summed E-state index contributed by atoms with van der Waals surface area (Å²) >= 11 is 0. The number of likely N-dealkylation sites (tertiary alicyclic amines) is 1. The van der Waals surface area contributed by atoms with Crippen LogP contribution in [0.4, 0.5) is 4.79 Å². The van der Waals surface area contributed by atoms with Crippen molar-refractivity contribution in [3.8, 4) is 11.5 Å². The maximum Gasteiger partial charge on any atom is 0.407 e. The molecule has 0 aromatic heterocycles. The summed E-state index contributed by atoms with van der Waals surface area (Å²) in [6, 6.07) is 4.57. The van der Waals surface area contributed by atoms with Crippen LogP contribution in [0.3, 0.4) is 0 Å². The fraction of sp³-hybridized carbons (Fsp3) is 0.579. The number of phenolic OH excluding ortho intramolecular Hbond substituents is 1. The second-order valence-electron chi connectivity index (χ2n) is 7.50. The topological polar surface area (TPSA) is 88.1 Å². The van der Waals surface area contributed by atoms with Gasteiger partial charge in [0.15, 0.2) is 0 Å². The third-order valence-electron chi connectivity index (χ3n) is 4.10. The zero-order valence-electron chi connectivity index (χ0n) is 15.9. The number of rotatable bonds is 4. The van der Waals surface area contributed by atoms with Crippen molar-refractivity contribution in [2.45, 2.75) is 51.7 Å². The number of aromatic hydroxyl groups is 1. The van der Waals surface area contributed by atoms with E-state index in [1.54, 1.807) is 11.0 Å². The van der Waals surface area contributed by atoms with E-state index in [0.717, 1.165) is 12.8 Å². The normalized spacial score (nSPS) is 17.5. The van der Waals surface area contributed by atoms with Crippen LogP contribution < -0.4 is 10.1 Å². The minimum atomic E-state index is -0.555. The highest BCUT2D eigenvalue weighted by Gasteiger charge is 2.27. The van der Waals surface area contributed by atoms with Crippen molar-refractivity contribution in [3.05, 3.63) is 23.8 Å². The monoisotopic (exact) mass is 364 g/mol. The number of alkyl carbamates (subject to hydrolysis) is 1. The van der Waals surface area contributed by atoms with Gasteiger partial charge >= 0.3 is 6.09 Å². The molecule has 7 nitrogen and oxygen atoms in total. The van der Waals surface area contributed by atoms with E-state index in [-0.39, 0.29) is 24.1 Å². The molecular formula is C19H28N2O5. The Hall–Kier alpha value is -2.44. The predicted molar refractivity (Wildman–Crippen MR) is 97.3 cm³/mol. The third-order valence-corrected chi connectivity index (χ3v) is 4.10. The highest BCUT2D eigenvalue weighted by Crippen LogP contribution is 2.24. The van der Waals surface area contributed by atoms with Gasteiger partial charge in [0.05, 0.1) is 13.5 Å². The molecule has 1 aromatic carbocycles. The van der Waals surface area contributed by atoms with Crippen molar-refractivity contribution in [3.63, 3.8) is 0 Å². The molecule has 2 amide bonds. The molecule has 1 saturated heterocycles. The Kier molecular flexibility index (Phi) is 6.34. The fourth-order valence-corrected chi connectivity index (χ4v) is 2.97. The number of hydrogen-bond acceptors (Lipinski definition) is 5. The van der Waals surface area contributed by atoms with Gasteiger partial charge in [0.25, 0.3) is 0 Å². The molecule has 1 atom stereocenters. The van der Waals surface area contributed by atoms with E-state index < -0.39 is 11.7 Å². The number of nitrogens with one attached hydrogen (secondary N) is 1. The van der Waals surface area contributed by atoms with Crippen molar-refractivity contribution in [2.75, 3.05) is 20.2 Å². The van der Waals surface area contributed by atoms with Gasteiger partial charge < -0.3 is 24.8 Å². The number of phenols is 1. The van der Waals surface area contributed by atoms with Crippen LogP contribution >= 0.6 is 0 Å². The first kappa shape index (κ1) is 19.9. The Morgan fingerprint density at radius 3 is 2.73 bits per heavy atom. The van der Waals surface area contributed by atoms with Gasteiger partial charge in [0, 0.05) is 24.7 Å². The van der Waals surface area contributed by atoms with Crippen molar-refractivity contribution in [2.24, 2.45) is 0 Å². The van der Waals surface area contributed by atoms with Gasteiger partial charge in [-0.1, -0.05) is 0 Å². The Morgan fingerprint density at radius 1 is 1.35 bits per heavy atom. The van der Waals surface area contributed by atoms with Crippen LogP contribution in [0.25, 0.3) is 0 Å². The second kappa shape index (κ2) is 8.29. The van der Waals surface area contributed by atoms with Gasteiger partial charge in [0.1, 0.15) is 17.1 Å². The average molecular weight is 364 g/mol. The summed E-state index contributed by atoms with van der Waals surface area (Å²) in [6.45, 7) is 6.52. The highest BCUT2D eigenvalue weighted by molar-refractivity contribution is 5.80. The lowest BCUT2D eigenvalue weighted by atomic mass is 10.0. The molecule has 0 aliphatic carbocycles. The quantitative estimate of drug-likeness (QED) is 0.857. The number of nitrogens with zero attached hydrogens (tertiary/aromatic N) is 1. The minimum absolute atomic E-state index is 0.0652. The Bertz CT molecular complexity index is 654. The molecule has 1 fully saturated rings. The molecule has 1 aliphatic heterocycles. The molecule has 0 bridgehead atoms. The van der Waals surface area contributed by atoms with E-state index in [1.807, 2.05) is 20.8 Å². The summed E-state index contributed by atoms with van der Waals surface area (Å²) < 4.78 is 10.5. The van der Waals surface area contributed by atoms with E-state index in [9.17, 15) is 14.7 Å². The van der Waals surface area contributed by atoms with Crippen LogP contribution in [0.15, 0.2) is 18.2 Å². The summed E-state index contributed by atoms with van der Waals surface area (Å²) in [5.74, 6) is 0.595. The van der Waals surface area contributed by atoms with Gasteiger partial charge in [-0.25, -0.2) is 4.79 Å². The smallest absolute Gasteiger partial charge is 0.407 e. The van der Waals surface area contributed by atoms with Crippen LogP contribution in [0.1, 0.15) is 39.2 Å². The number of amides is 2. The van der Waals surface area contributed by atoms with Crippen LogP contribution in [0.5, 0.6) is 11.5 Å². The van der Waals surface area contributed by atoms with Crippen LogP contribution in [-0.2, 0) is 16.0 Å². The largest absolute Gasteiger partial charge is 0.508 e. The number of hydrogen-bond donors (Lipinski definition) is 2. The number of piperidine rings is 1. The maximum atomic E-state index is 12.7. The van der Waals surface area contributed by atoms with Crippen molar-refractivity contribution in [1.82, 2.24) is 10.2 Å². The lowest BCUT2D eigenvalue weighted by Crippen LogP contribution is -2.50. The van der Waals surface area contributed by atoms with Crippen molar-refractivity contribution < 1.29 is 24.2 Å². The van der Waals surface area contributed by atoms with Gasteiger partial charge in [0.2, 0.25) is 5.91 Å². The van der Waals surface area contributed by atoms with E-state index in [4.69, 9.17) is 9.47 Å². The number of ether oxygens (including phenoxy) is 2. The first-order chi connectivity index (χ1) is 12.2. The number of carbonyl (C=O) groups excluding carboxylic acids is 2. The minimum Gasteiger partial charge on any atom is -0.508 e. The lowest BCUT2D eigenvalue weighted by molar-refractivity contribution is -0.131.